The van der Waals surface area contributed by atoms with E-state index in [9.17, 15) is 10.2 Å². The van der Waals surface area contributed by atoms with Crippen LogP contribution in [0, 0.1) is 0 Å². The van der Waals surface area contributed by atoms with Crippen molar-refractivity contribution in [2.24, 2.45) is 0 Å². The fourth-order valence-corrected chi connectivity index (χ4v) is 2.48. The third kappa shape index (κ3) is 4.42. The summed E-state index contributed by atoms with van der Waals surface area (Å²) < 4.78 is 0. The molecule has 1 heterocycles. The molecule has 3 N–H and O–H groups in total. The van der Waals surface area contributed by atoms with Gasteiger partial charge >= 0.3 is 0 Å². The highest BCUT2D eigenvalue weighted by atomic mass is 35.5. The van der Waals surface area contributed by atoms with Gasteiger partial charge in [0.25, 0.3) is 0 Å². The Labute approximate surface area is 126 Å². The summed E-state index contributed by atoms with van der Waals surface area (Å²) in [5, 5.41) is 22.8. The third-order valence-corrected chi connectivity index (χ3v) is 3.35. The maximum absolute atomic E-state index is 9.91. The second kappa shape index (κ2) is 8.48. The van der Waals surface area contributed by atoms with Gasteiger partial charge in [0.2, 0.25) is 0 Å². The Bertz CT molecular complexity index is 385. The van der Waals surface area contributed by atoms with Crippen LogP contribution in [0.1, 0.15) is 24.9 Å². The van der Waals surface area contributed by atoms with E-state index in [1.165, 1.54) is 6.07 Å². The van der Waals surface area contributed by atoms with Gasteiger partial charge in [-0.15, -0.1) is 24.8 Å². The zero-order valence-electron chi connectivity index (χ0n) is 11.0. The molecule has 4 nitrogen and oxygen atoms in total. The first-order chi connectivity index (χ1) is 8.22. The van der Waals surface area contributed by atoms with Gasteiger partial charge in [-0.2, -0.15) is 0 Å². The zero-order valence-corrected chi connectivity index (χ0v) is 12.6. The van der Waals surface area contributed by atoms with Crippen LogP contribution in [0.4, 0.5) is 0 Å². The van der Waals surface area contributed by atoms with Crippen LogP contribution in [-0.4, -0.2) is 41.3 Å². The largest absolute Gasteiger partial charge is 0.508 e. The second-order valence-corrected chi connectivity index (χ2v) is 4.45. The lowest BCUT2D eigenvalue weighted by molar-refractivity contribution is 0.166. The lowest BCUT2D eigenvalue weighted by atomic mass is 10.0. The highest BCUT2D eigenvalue weighted by molar-refractivity contribution is 5.85. The van der Waals surface area contributed by atoms with E-state index in [0.29, 0.717) is 0 Å². The SMILES string of the molecule is CC[C@@H](c1cc(O)ccc1O)N1CCNCC1.Cl.Cl. The van der Waals surface area contributed by atoms with Crippen molar-refractivity contribution in [2.75, 3.05) is 26.2 Å². The Balaban J connectivity index is 0.00000162. The normalized spacial score (nSPS) is 17.1. The zero-order chi connectivity index (χ0) is 12.3. The molecule has 1 aliphatic rings. The molecule has 0 spiro atoms. The number of halogens is 2. The minimum absolute atomic E-state index is 0. The lowest BCUT2D eigenvalue weighted by Crippen LogP contribution is -2.45. The number of benzene rings is 1. The quantitative estimate of drug-likeness (QED) is 0.750. The molecular formula is C13H22Cl2N2O2. The van der Waals surface area contributed by atoms with E-state index in [0.717, 1.165) is 38.2 Å². The Morgan fingerprint density at radius 1 is 1.21 bits per heavy atom. The van der Waals surface area contributed by atoms with Crippen molar-refractivity contribution in [2.45, 2.75) is 19.4 Å². The van der Waals surface area contributed by atoms with Gasteiger partial charge in [0.1, 0.15) is 11.5 Å². The topological polar surface area (TPSA) is 55.7 Å². The molecule has 0 aromatic heterocycles. The van der Waals surface area contributed by atoms with Gasteiger partial charge in [0.05, 0.1) is 0 Å². The molecule has 6 heteroatoms. The maximum atomic E-state index is 9.91. The lowest BCUT2D eigenvalue weighted by Gasteiger charge is -2.35. The predicted octanol–water partition coefficient (Wildman–Crippen LogP) is 2.30. The number of aromatic hydroxyl groups is 2. The first kappa shape index (κ1) is 18.3. The molecule has 0 aliphatic carbocycles. The number of hydrogen-bond donors (Lipinski definition) is 3. The van der Waals surface area contributed by atoms with Crippen LogP contribution in [0.5, 0.6) is 11.5 Å². The minimum Gasteiger partial charge on any atom is -0.508 e. The van der Waals surface area contributed by atoms with Crippen molar-refractivity contribution < 1.29 is 10.2 Å². The van der Waals surface area contributed by atoms with Crippen molar-refractivity contribution in [1.82, 2.24) is 10.2 Å². The van der Waals surface area contributed by atoms with Crippen LogP contribution in [0.15, 0.2) is 18.2 Å². The molecule has 0 amide bonds. The van der Waals surface area contributed by atoms with Crippen LogP contribution in [-0.2, 0) is 0 Å². The predicted molar refractivity (Wildman–Crippen MR) is 81.7 cm³/mol. The number of phenolic OH excluding ortho intramolecular Hbond substituents is 2. The Kier molecular flexibility index (Phi) is 8.18. The Morgan fingerprint density at radius 2 is 1.84 bits per heavy atom. The molecule has 1 saturated heterocycles. The summed E-state index contributed by atoms with van der Waals surface area (Å²) in [6.07, 6.45) is 0.928. The molecule has 0 unspecified atom stereocenters. The van der Waals surface area contributed by atoms with E-state index in [4.69, 9.17) is 0 Å². The standard InChI is InChI=1S/C13H20N2O2.2ClH/c1-2-12(15-7-5-14-6-8-15)11-9-10(16)3-4-13(11)17;;/h3-4,9,12,14,16-17H,2,5-8H2,1H3;2*1H/t12-;;/m0../s1. The minimum atomic E-state index is 0. The van der Waals surface area contributed by atoms with Crippen molar-refractivity contribution in [3.63, 3.8) is 0 Å². The molecule has 110 valence electrons. The average Bonchev–Trinajstić information content (AvgIpc) is 2.36. The third-order valence-electron chi connectivity index (χ3n) is 3.35. The van der Waals surface area contributed by atoms with Gasteiger partial charge < -0.3 is 15.5 Å². The molecule has 19 heavy (non-hydrogen) atoms. The summed E-state index contributed by atoms with van der Waals surface area (Å²) in [6, 6.07) is 4.94. The first-order valence-corrected chi connectivity index (χ1v) is 6.19. The summed E-state index contributed by atoms with van der Waals surface area (Å²) in [5.74, 6) is 0.486. The molecule has 1 atom stereocenters. The Morgan fingerprint density at radius 3 is 2.42 bits per heavy atom. The monoisotopic (exact) mass is 308 g/mol. The smallest absolute Gasteiger partial charge is 0.120 e. The molecule has 0 bridgehead atoms. The van der Waals surface area contributed by atoms with Crippen molar-refractivity contribution >= 4 is 24.8 Å². The molecule has 0 radical (unpaired) electrons. The van der Waals surface area contributed by atoms with Crippen LogP contribution >= 0.6 is 24.8 Å². The summed E-state index contributed by atoms with van der Waals surface area (Å²) in [6.45, 7) is 6.03. The van der Waals surface area contributed by atoms with Crippen molar-refractivity contribution in [3.05, 3.63) is 23.8 Å². The molecule has 1 aliphatic heterocycles. The molecule has 1 aromatic carbocycles. The summed E-state index contributed by atoms with van der Waals surface area (Å²) >= 11 is 0. The van der Waals surface area contributed by atoms with Gasteiger partial charge in [0.15, 0.2) is 0 Å². The number of phenols is 2. The van der Waals surface area contributed by atoms with Crippen LogP contribution in [0.3, 0.4) is 0 Å². The van der Waals surface area contributed by atoms with Gasteiger partial charge in [-0.3, -0.25) is 4.90 Å². The first-order valence-electron chi connectivity index (χ1n) is 6.19. The average molecular weight is 309 g/mol. The molecular weight excluding hydrogens is 287 g/mol. The fourth-order valence-electron chi connectivity index (χ4n) is 2.48. The van der Waals surface area contributed by atoms with Crippen LogP contribution in [0.2, 0.25) is 0 Å². The molecule has 1 fully saturated rings. The number of nitrogens with zero attached hydrogens (tertiary/aromatic N) is 1. The van der Waals surface area contributed by atoms with Crippen molar-refractivity contribution in [1.29, 1.82) is 0 Å². The number of rotatable bonds is 3. The maximum Gasteiger partial charge on any atom is 0.120 e. The van der Waals surface area contributed by atoms with Crippen molar-refractivity contribution in [3.8, 4) is 11.5 Å². The van der Waals surface area contributed by atoms with E-state index in [1.807, 2.05) is 0 Å². The van der Waals surface area contributed by atoms with E-state index < -0.39 is 0 Å². The summed E-state index contributed by atoms with van der Waals surface area (Å²) in [7, 11) is 0. The van der Waals surface area contributed by atoms with Gasteiger partial charge in [-0.05, 0) is 24.6 Å². The van der Waals surface area contributed by atoms with E-state index in [1.54, 1.807) is 12.1 Å². The van der Waals surface area contributed by atoms with E-state index in [-0.39, 0.29) is 42.4 Å². The van der Waals surface area contributed by atoms with Crippen LogP contribution in [0.25, 0.3) is 0 Å². The number of hydrogen-bond acceptors (Lipinski definition) is 4. The van der Waals surface area contributed by atoms with E-state index in [2.05, 4.69) is 17.1 Å². The van der Waals surface area contributed by atoms with Gasteiger partial charge in [-0.1, -0.05) is 6.92 Å². The summed E-state index contributed by atoms with van der Waals surface area (Å²) in [5.41, 5.74) is 0.828. The molecule has 1 aromatic rings. The van der Waals surface area contributed by atoms with Gasteiger partial charge in [-0.25, -0.2) is 0 Å². The highest BCUT2D eigenvalue weighted by Crippen LogP contribution is 2.33. The molecule has 0 saturated carbocycles. The second-order valence-electron chi connectivity index (χ2n) is 4.45. The van der Waals surface area contributed by atoms with Crippen LogP contribution < -0.4 is 5.32 Å². The fraction of sp³-hybridized carbons (Fsp3) is 0.538. The highest BCUT2D eigenvalue weighted by Gasteiger charge is 2.23. The molecule has 2 rings (SSSR count). The number of piperazine rings is 1. The van der Waals surface area contributed by atoms with Gasteiger partial charge in [0, 0.05) is 37.8 Å². The summed E-state index contributed by atoms with van der Waals surface area (Å²) in [4.78, 5) is 2.35. The van der Waals surface area contributed by atoms with E-state index >= 15 is 0 Å². The Hall–Kier alpha value is -0.680. The number of nitrogens with one attached hydrogen (secondary N) is 1.